The van der Waals surface area contributed by atoms with Crippen LogP contribution in [0.25, 0.3) is 0 Å². The molecule has 0 aromatic heterocycles. The number of carbonyl (C=O) groups is 1. The first kappa shape index (κ1) is 69.9. The van der Waals surface area contributed by atoms with Crippen LogP contribution in [-0.4, -0.2) is 68.5 Å². The number of hydrogen-bond acceptors (Lipinski definition) is 6. The van der Waals surface area contributed by atoms with Crippen molar-refractivity contribution >= 4 is 13.7 Å². The summed E-state index contributed by atoms with van der Waals surface area (Å²) < 4.78 is 23.3. The van der Waals surface area contributed by atoms with Crippen molar-refractivity contribution < 1.29 is 32.9 Å². The topological polar surface area (TPSA) is 108 Å². The van der Waals surface area contributed by atoms with E-state index in [1.807, 2.05) is 27.2 Å². The molecule has 0 heterocycles. The molecule has 0 aliphatic carbocycles. The molecule has 0 spiro atoms. The summed E-state index contributed by atoms with van der Waals surface area (Å²) in [6.45, 7) is 4.49. The van der Waals surface area contributed by atoms with Gasteiger partial charge in [-0.25, -0.2) is 0 Å². The molecule has 0 saturated heterocycles. The van der Waals surface area contributed by atoms with Crippen LogP contribution >= 0.6 is 7.82 Å². The SMILES string of the molecule is CC/C=C\C/C=C\C/C=C\C/C=C\C/C=C\C/C=C\C/C=C\CCCCCCCCCC(=O)NC(COP(=O)([O-])OCC[N+](C)(C)C)C(O)/C=C/CC/C=C/CC/C=C/CCCCCCCCCCCCCC. The van der Waals surface area contributed by atoms with Gasteiger partial charge in [-0.05, 0) is 103 Å². The number of allylic oxidation sites excluding steroid dienone is 19. The molecule has 73 heavy (non-hydrogen) atoms. The van der Waals surface area contributed by atoms with E-state index in [0.717, 1.165) is 103 Å². The van der Waals surface area contributed by atoms with Crippen molar-refractivity contribution in [1.82, 2.24) is 5.32 Å². The van der Waals surface area contributed by atoms with Gasteiger partial charge in [0.2, 0.25) is 5.91 Å². The highest BCUT2D eigenvalue weighted by Gasteiger charge is 2.23. The molecule has 2 N–H and O–H groups in total. The average Bonchev–Trinajstić information content (AvgIpc) is 3.35. The molecule has 0 radical (unpaired) electrons. The number of phosphoric ester groups is 1. The van der Waals surface area contributed by atoms with E-state index >= 15 is 0 Å². The third kappa shape index (κ3) is 56.5. The number of aliphatic hydroxyl groups is 1. The first-order chi connectivity index (χ1) is 35.5. The molecule has 3 unspecified atom stereocenters. The first-order valence-electron chi connectivity index (χ1n) is 29.4. The van der Waals surface area contributed by atoms with Gasteiger partial charge in [0, 0.05) is 6.42 Å². The van der Waals surface area contributed by atoms with Crippen molar-refractivity contribution in [2.75, 3.05) is 40.9 Å². The molecule has 0 bridgehead atoms. The third-order valence-corrected chi connectivity index (χ3v) is 13.3. The quantitative estimate of drug-likeness (QED) is 0.0272. The van der Waals surface area contributed by atoms with E-state index in [1.165, 1.54) is 103 Å². The van der Waals surface area contributed by atoms with E-state index in [2.05, 4.69) is 129 Å². The van der Waals surface area contributed by atoms with Crippen molar-refractivity contribution in [3.63, 3.8) is 0 Å². The maximum Gasteiger partial charge on any atom is 0.268 e. The van der Waals surface area contributed by atoms with Gasteiger partial charge in [-0.1, -0.05) is 238 Å². The minimum absolute atomic E-state index is 0.0180. The standard InChI is InChI=1S/C64H111N2O6P/c1-6-8-10-12-14-16-18-20-22-24-26-28-30-31-32-33-34-35-36-38-40-42-44-46-48-50-52-54-56-58-64(68)65-62(61-72-73(69,70)71-60-59-66(3,4)5)63(67)57-55-53-51-49-47-45-43-41-39-37-29-27-25-23-21-19-17-15-13-11-9-7-2/h8,10,14,16,20,22,26,28,31-32,34-35,38-41,47,49,55,57,62-63,67H,6-7,9,11-13,15,17-19,21,23-25,27,29-30,33,36-37,42-46,48,50-54,56,58-61H2,1-5H3,(H-,65,68,69,70)/b10-8-,16-14-,22-20-,28-26-,32-31-,35-34-,40-38-,41-39+,49-47+,57-55+. The molecule has 8 nitrogen and oxygen atoms in total. The fourth-order valence-corrected chi connectivity index (χ4v) is 8.53. The summed E-state index contributed by atoms with van der Waals surface area (Å²) in [7, 11) is 1.21. The van der Waals surface area contributed by atoms with Gasteiger partial charge in [0.1, 0.15) is 13.2 Å². The van der Waals surface area contributed by atoms with Gasteiger partial charge in [0.15, 0.2) is 0 Å². The van der Waals surface area contributed by atoms with Crippen molar-refractivity contribution in [2.24, 2.45) is 0 Å². The van der Waals surface area contributed by atoms with E-state index in [-0.39, 0.29) is 12.5 Å². The molecule has 1 amide bonds. The largest absolute Gasteiger partial charge is 0.756 e. The number of quaternary nitrogens is 1. The van der Waals surface area contributed by atoms with Crippen LogP contribution in [0, 0.1) is 0 Å². The smallest absolute Gasteiger partial charge is 0.268 e. The molecular formula is C64H111N2O6P. The Morgan fingerprint density at radius 3 is 1.27 bits per heavy atom. The van der Waals surface area contributed by atoms with Crippen LogP contribution in [0.1, 0.15) is 226 Å². The minimum Gasteiger partial charge on any atom is -0.756 e. The van der Waals surface area contributed by atoms with Crippen molar-refractivity contribution in [1.29, 1.82) is 0 Å². The molecule has 0 aromatic carbocycles. The molecular weight excluding hydrogens is 924 g/mol. The zero-order valence-corrected chi connectivity index (χ0v) is 48.4. The summed E-state index contributed by atoms with van der Waals surface area (Å²) in [4.78, 5) is 25.5. The Kier molecular flexibility index (Phi) is 51.4. The molecule has 0 saturated carbocycles. The zero-order valence-electron chi connectivity index (χ0n) is 47.5. The highest BCUT2D eigenvalue weighted by atomic mass is 31.2. The summed E-state index contributed by atoms with van der Waals surface area (Å²) in [6, 6.07) is -0.926. The van der Waals surface area contributed by atoms with Gasteiger partial charge in [-0.3, -0.25) is 9.36 Å². The lowest BCUT2D eigenvalue weighted by Gasteiger charge is -2.29. The second kappa shape index (κ2) is 53.7. The maximum absolute atomic E-state index is 13.0. The number of amides is 1. The van der Waals surface area contributed by atoms with E-state index in [1.54, 1.807) is 6.08 Å². The summed E-state index contributed by atoms with van der Waals surface area (Å²) in [6.07, 6.45) is 79.9. The minimum atomic E-state index is -4.62. The Balaban J connectivity index is 4.34. The number of carbonyl (C=O) groups excluding carboxylic acids is 1. The molecule has 418 valence electrons. The van der Waals surface area contributed by atoms with Gasteiger partial charge in [-0.15, -0.1) is 0 Å². The molecule has 0 aliphatic heterocycles. The normalized spacial score (nSPS) is 14.8. The summed E-state index contributed by atoms with van der Waals surface area (Å²) in [5.41, 5.74) is 0. The molecule has 0 fully saturated rings. The number of phosphoric acid groups is 1. The first-order valence-corrected chi connectivity index (χ1v) is 30.9. The maximum atomic E-state index is 13.0. The monoisotopic (exact) mass is 1030 g/mol. The summed E-state index contributed by atoms with van der Waals surface area (Å²) >= 11 is 0. The number of aliphatic hydroxyl groups excluding tert-OH is 1. The van der Waals surface area contributed by atoms with Crippen LogP contribution < -0.4 is 10.2 Å². The number of rotatable bonds is 52. The Morgan fingerprint density at radius 2 is 0.849 bits per heavy atom. The fraction of sp³-hybridized carbons (Fsp3) is 0.672. The lowest BCUT2D eigenvalue weighted by Crippen LogP contribution is -2.45. The number of likely N-dealkylation sites (N-methyl/N-ethyl adjacent to an activating group) is 1. The second-order valence-corrected chi connectivity index (χ2v) is 22.0. The lowest BCUT2D eigenvalue weighted by atomic mass is 10.0. The predicted octanol–water partition coefficient (Wildman–Crippen LogP) is 17.5. The van der Waals surface area contributed by atoms with Crippen LogP contribution in [0.3, 0.4) is 0 Å². The Bertz CT molecular complexity index is 1600. The summed E-state index contributed by atoms with van der Waals surface area (Å²) in [5, 5.41) is 13.9. The number of nitrogens with zero attached hydrogens (tertiary/aromatic N) is 1. The van der Waals surface area contributed by atoms with Crippen LogP contribution in [-0.2, 0) is 18.4 Å². The average molecular weight is 1040 g/mol. The van der Waals surface area contributed by atoms with Crippen molar-refractivity contribution in [3.05, 3.63) is 122 Å². The van der Waals surface area contributed by atoms with Gasteiger partial charge in [-0.2, -0.15) is 0 Å². The van der Waals surface area contributed by atoms with Crippen LogP contribution in [0.4, 0.5) is 0 Å². The Morgan fingerprint density at radius 1 is 0.493 bits per heavy atom. The van der Waals surface area contributed by atoms with E-state index in [4.69, 9.17) is 9.05 Å². The van der Waals surface area contributed by atoms with E-state index < -0.39 is 26.6 Å². The molecule has 3 atom stereocenters. The highest BCUT2D eigenvalue weighted by molar-refractivity contribution is 7.45. The summed E-state index contributed by atoms with van der Waals surface area (Å²) in [5.74, 6) is -0.227. The second-order valence-electron chi connectivity index (χ2n) is 20.6. The molecule has 0 aromatic rings. The zero-order chi connectivity index (χ0) is 53.5. The fourth-order valence-electron chi connectivity index (χ4n) is 7.81. The Hall–Kier alpha value is -3.10. The lowest BCUT2D eigenvalue weighted by molar-refractivity contribution is -0.870. The van der Waals surface area contributed by atoms with Crippen molar-refractivity contribution in [2.45, 2.75) is 238 Å². The number of unbranched alkanes of at least 4 members (excludes halogenated alkanes) is 21. The third-order valence-electron chi connectivity index (χ3n) is 12.4. The molecule has 0 aliphatic rings. The predicted molar refractivity (Wildman–Crippen MR) is 315 cm³/mol. The van der Waals surface area contributed by atoms with Crippen LogP contribution in [0.5, 0.6) is 0 Å². The number of nitrogens with one attached hydrogen (secondary N) is 1. The van der Waals surface area contributed by atoms with Gasteiger partial charge in [0.25, 0.3) is 7.82 Å². The molecule has 9 heteroatoms. The van der Waals surface area contributed by atoms with E-state index in [9.17, 15) is 19.4 Å². The van der Waals surface area contributed by atoms with Crippen LogP contribution in [0.15, 0.2) is 122 Å². The number of hydrogen-bond donors (Lipinski definition) is 2. The van der Waals surface area contributed by atoms with Gasteiger partial charge in [0.05, 0.1) is 39.9 Å². The van der Waals surface area contributed by atoms with Crippen molar-refractivity contribution in [3.8, 4) is 0 Å². The van der Waals surface area contributed by atoms with Crippen LogP contribution in [0.2, 0.25) is 0 Å². The Labute approximate surface area is 450 Å². The van der Waals surface area contributed by atoms with Gasteiger partial charge >= 0.3 is 0 Å². The van der Waals surface area contributed by atoms with E-state index in [0.29, 0.717) is 17.4 Å². The van der Waals surface area contributed by atoms with Gasteiger partial charge < -0.3 is 28.8 Å². The highest BCUT2D eigenvalue weighted by Crippen LogP contribution is 2.38. The molecule has 0 rings (SSSR count).